The van der Waals surface area contributed by atoms with Crippen LogP contribution in [-0.2, 0) is 0 Å². The van der Waals surface area contributed by atoms with Crippen LogP contribution in [0.2, 0.25) is 0 Å². The molecule has 10 heteroatoms. The zero-order chi connectivity index (χ0) is 21.7. The van der Waals surface area contributed by atoms with Crippen LogP contribution in [0.15, 0.2) is 47.6 Å². The molecular weight excluding hydrogens is 410 g/mol. The quantitative estimate of drug-likeness (QED) is 0.455. The van der Waals surface area contributed by atoms with Gasteiger partial charge in [-0.3, -0.25) is 15.0 Å². The largest absolute Gasteiger partial charge is 0.497 e. The fourth-order valence-corrected chi connectivity index (χ4v) is 4.11. The number of guanidine groups is 1. The number of ether oxygens (including phenoxy) is 3. The number of nitrogens with one attached hydrogen (secondary N) is 2. The van der Waals surface area contributed by atoms with E-state index in [1.807, 2.05) is 41.0 Å². The molecule has 162 valence electrons. The number of methoxy groups -OCH3 is 1. The van der Waals surface area contributed by atoms with E-state index in [9.17, 15) is 0 Å². The van der Waals surface area contributed by atoms with Gasteiger partial charge in [-0.2, -0.15) is 5.10 Å². The Morgan fingerprint density at radius 1 is 1.12 bits per heavy atom. The molecule has 2 aliphatic rings. The van der Waals surface area contributed by atoms with E-state index in [-0.39, 0.29) is 5.96 Å². The molecule has 0 fully saturated rings. The van der Waals surface area contributed by atoms with Gasteiger partial charge in [0.1, 0.15) is 5.75 Å². The third kappa shape index (κ3) is 2.91. The molecule has 0 spiro atoms. The van der Waals surface area contributed by atoms with Crippen LogP contribution in [0.1, 0.15) is 18.2 Å². The molecule has 0 saturated carbocycles. The van der Waals surface area contributed by atoms with Crippen LogP contribution in [0.4, 0.5) is 5.95 Å². The maximum atomic E-state index is 6.13. The number of nitrogens with two attached hydrogens (primary N) is 1. The van der Waals surface area contributed by atoms with Crippen molar-refractivity contribution >= 4 is 22.9 Å². The number of anilines is 1. The number of hydrogen-bond acceptors (Lipinski definition) is 8. The van der Waals surface area contributed by atoms with Crippen LogP contribution in [0.5, 0.6) is 17.2 Å². The molecule has 6 rings (SSSR count). The SMILES string of the molecule is COc1ccc(-c2[nH]ncc2[C@H]2N=C(N)Nc3nc4cc5c(cc4n32)OCCCO5)cc1. The number of nitrogens with zero attached hydrogens (tertiary/aromatic N) is 4. The normalized spacial score (nSPS) is 17.3. The molecule has 0 radical (unpaired) electrons. The molecule has 2 aromatic heterocycles. The highest BCUT2D eigenvalue weighted by Gasteiger charge is 2.29. The van der Waals surface area contributed by atoms with Gasteiger partial charge in [0.25, 0.3) is 0 Å². The van der Waals surface area contributed by atoms with Crippen LogP contribution in [-0.4, -0.2) is 46.0 Å². The Morgan fingerprint density at radius 2 is 1.91 bits per heavy atom. The van der Waals surface area contributed by atoms with E-state index in [2.05, 4.69) is 20.5 Å². The first kappa shape index (κ1) is 18.6. The van der Waals surface area contributed by atoms with Gasteiger partial charge in [-0.15, -0.1) is 0 Å². The van der Waals surface area contributed by atoms with Gasteiger partial charge in [0, 0.05) is 29.7 Å². The smallest absolute Gasteiger partial charge is 0.212 e. The average Bonchev–Trinajstić information content (AvgIpc) is 3.35. The molecule has 4 aromatic rings. The summed E-state index contributed by atoms with van der Waals surface area (Å²) in [6.45, 7) is 1.22. The van der Waals surface area contributed by atoms with Gasteiger partial charge in [0.15, 0.2) is 23.6 Å². The number of fused-ring (bicyclic) bond motifs is 4. The Morgan fingerprint density at radius 3 is 2.69 bits per heavy atom. The van der Waals surface area contributed by atoms with Crippen LogP contribution < -0.4 is 25.3 Å². The molecule has 0 aliphatic carbocycles. The van der Waals surface area contributed by atoms with Crippen molar-refractivity contribution in [2.24, 2.45) is 10.7 Å². The fourth-order valence-electron chi connectivity index (χ4n) is 4.11. The summed E-state index contributed by atoms with van der Waals surface area (Å²) in [5, 5.41) is 10.5. The molecule has 0 saturated heterocycles. The highest BCUT2D eigenvalue weighted by atomic mass is 16.5. The predicted octanol–water partition coefficient (Wildman–Crippen LogP) is 2.88. The second-order valence-electron chi connectivity index (χ2n) is 7.59. The lowest BCUT2D eigenvalue weighted by Gasteiger charge is -2.23. The molecule has 32 heavy (non-hydrogen) atoms. The van der Waals surface area contributed by atoms with E-state index in [4.69, 9.17) is 24.9 Å². The van der Waals surface area contributed by atoms with E-state index < -0.39 is 6.17 Å². The Balaban J connectivity index is 1.50. The van der Waals surface area contributed by atoms with Crippen LogP contribution in [0.25, 0.3) is 22.3 Å². The summed E-state index contributed by atoms with van der Waals surface area (Å²) in [5.41, 5.74) is 10.4. The van der Waals surface area contributed by atoms with Crippen LogP contribution in [0.3, 0.4) is 0 Å². The van der Waals surface area contributed by atoms with Crippen LogP contribution >= 0.6 is 0 Å². The summed E-state index contributed by atoms with van der Waals surface area (Å²) in [6.07, 6.45) is 2.14. The molecule has 2 aliphatic heterocycles. The van der Waals surface area contributed by atoms with Crippen molar-refractivity contribution in [1.29, 1.82) is 0 Å². The lowest BCUT2D eigenvalue weighted by atomic mass is 10.1. The summed E-state index contributed by atoms with van der Waals surface area (Å²) in [6, 6.07) is 11.6. The summed E-state index contributed by atoms with van der Waals surface area (Å²) < 4.78 is 19.0. The van der Waals surface area contributed by atoms with Crippen molar-refractivity contribution in [3.05, 3.63) is 48.2 Å². The Hall–Kier alpha value is -4.21. The van der Waals surface area contributed by atoms with Gasteiger partial charge in [-0.1, -0.05) is 0 Å². The molecule has 0 bridgehead atoms. The van der Waals surface area contributed by atoms with Crippen molar-refractivity contribution in [3.8, 4) is 28.5 Å². The monoisotopic (exact) mass is 431 g/mol. The number of rotatable bonds is 3. The lowest BCUT2D eigenvalue weighted by molar-refractivity contribution is 0.297. The Labute approximate surface area is 183 Å². The van der Waals surface area contributed by atoms with Crippen molar-refractivity contribution in [2.45, 2.75) is 12.6 Å². The van der Waals surface area contributed by atoms with Gasteiger partial charge in [0.05, 0.1) is 43.2 Å². The van der Waals surface area contributed by atoms with E-state index in [1.54, 1.807) is 13.3 Å². The van der Waals surface area contributed by atoms with E-state index >= 15 is 0 Å². The standard InChI is InChI=1S/C22H21N7O3/c1-30-13-5-3-12(4-6-13)19-14(11-24-28-19)20-26-21(23)27-22-25-15-9-17-18(10-16(15)29(20)22)32-8-2-7-31-17/h3-6,9-11,20H,2,7-8H2,1H3,(H,24,28)(H3,23,25,26,27)/t20-/m0/s1. The Kier molecular flexibility index (Phi) is 4.17. The van der Waals surface area contributed by atoms with Crippen molar-refractivity contribution in [2.75, 3.05) is 25.6 Å². The number of aliphatic imine (C=N–C) groups is 1. The molecule has 10 nitrogen and oxygen atoms in total. The van der Waals surface area contributed by atoms with Crippen molar-refractivity contribution < 1.29 is 14.2 Å². The summed E-state index contributed by atoms with van der Waals surface area (Å²) in [7, 11) is 1.64. The average molecular weight is 431 g/mol. The topological polar surface area (TPSA) is 125 Å². The maximum Gasteiger partial charge on any atom is 0.212 e. The number of benzene rings is 2. The molecule has 0 unspecified atom stereocenters. The lowest BCUT2D eigenvalue weighted by Crippen LogP contribution is -2.31. The van der Waals surface area contributed by atoms with Gasteiger partial charge in [-0.05, 0) is 24.3 Å². The number of H-pyrrole nitrogens is 1. The second kappa shape index (κ2) is 7.19. The summed E-state index contributed by atoms with van der Waals surface area (Å²) in [5.74, 6) is 3.05. The second-order valence-corrected chi connectivity index (χ2v) is 7.59. The van der Waals surface area contributed by atoms with Gasteiger partial charge < -0.3 is 19.9 Å². The number of aromatic amines is 1. The van der Waals surface area contributed by atoms with E-state index in [1.165, 1.54) is 0 Å². The van der Waals surface area contributed by atoms with Crippen molar-refractivity contribution in [3.63, 3.8) is 0 Å². The molecule has 4 heterocycles. The van der Waals surface area contributed by atoms with Crippen molar-refractivity contribution in [1.82, 2.24) is 19.7 Å². The molecule has 2 aromatic carbocycles. The minimum atomic E-state index is -0.461. The van der Waals surface area contributed by atoms with E-state index in [0.29, 0.717) is 30.7 Å². The Bertz CT molecular complexity index is 1340. The zero-order valence-corrected chi connectivity index (χ0v) is 17.3. The molecular formula is C22H21N7O3. The summed E-state index contributed by atoms with van der Waals surface area (Å²) >= 11 is 0. The van der Waals surface area contributed by atoms with E-state index in [0.717, 1.165) is 40.0 Å². The predicted molar refractivity (Wildman–Crippen MR) is 119 cm³/mol. The zero-order valence-electron chi connectivity index (χ0n) is 17.3. The van der Waals surface area contributed by atoms with Gasteiger partial charge >= 0.3 is 0 Å². The molecule has 1 atom stereocenters. The first-order chi connectivity index (χ1) is 15.7. The third-order valence-electron chi connectivity index (χ3n) is 5.63. The minimum absolute atomic E-state index is 0.286. The number of imidazole rings is 1. The maximum absolute atomic E-state index is 6.13. The minimum Gasteiger partial charge on any atom is -0.497 e. The highest BCUT2D eigenvalue weighted by molar-refractivity contribution is 5.95. The van der Waals surface area contributed by atoms with Gasteiger partial charge in [0.2, 0.25) is 5.95 Å². The first-order valence-corrected chi connectivity index (χ1v) is 10.3. The third-order valence-corrected chi connectivity index (χ3v) is 5.63. The fraction of sp³-hybridized carbons (Fsp3) is 0.227. The summed E-state index contributed by atoms with van der Waals surface area (Å²) in [4.78, 5) is 9.42. The number of hydrogen-bond donors (Lipinski definition) is 3. The van der Waals surface area contributed by atoms with Gasteiger partial charge in [-0.25, -0.2) is 9.98 Å². The molecule has 0 amide bonds. The first-order valence-electron chi connectivity index (χ1n) is 10.3. The number of aromatic nitrogens is 4. The highest BCUT2D eigenvalue weighted by Crippen LogP contribution is 2.40. The van der Waals surface area contributed by atoms with Crippen LogP contribution in [0, 0.1) is 0 Å². The molecule has 4 N–H and O–H groups in total.